The Hall–Kier alpha value is -2.44. The Balaban J connectivity index is 1.92. The average molecular weight is 383 g/mol. The van der Waals surface area contributed by atoms with Gasteiger partial charge in [-0.25, -0.2) is 4.68 Å². The number of thiophene rings is 1. The molecule has 0 aliphatic carbocycles. The lowest BCUT2D eigenvalue weighted by atomic mass is 9.86. The van der Waals surface area contributed by atoms with E-state index in [0.717, 1.165) is 21.8 Å². The minimum atomic E-state index is -0.545. The molecule has 0 spiro atoms. The lowest BCUT2D eigenvalue weighted by Crippen LogP contribution is -2.48. The number of likely N-dealkylation sites (N-methyl/N-ethyl adjacent to an activating group) is 1. The van der Waals surface area contributed by atoms with Crippen molar-refractivity contribution in [2.75, 3.05) is 7.05 Å². The maximum atomic E-state index is 12.7. The summed E-state index contributed by atoms with van der Waals surface area (Å²) in [5, 5.41) is 6.82. The van der Waals surface area contributed by atoms with E-state index in [0.29, 0.717) is 6.54 Å². The van der Waals surface area contributed by atoms with Crippen LogP contribution in [-0.4, -0.2) is 33.7 Å². The van der Waals surface area contributed by atoms with Crippen LogP contribution in [0.25, 0.3) is 16.3 Å². The van der Waals surface area contributed by atoms with E-state index in [1.807, 2.05) is 73.4 Å². The van der Waals surface area contributed by atoms with E-state index >= 15 is 0 Å². The summed E-state index contributed by atoms with van der Waals surface area (Å²) in [5.74, 6) is -0.0629. The highest BCUT2D eigenvalue weighted by Gasteiger charge is 2.30. The summed E-state index contributed by atoms with van der Waals surface area (Å²) in [6, 6.07) is 13.5. The third-order valence-electron chi connectivity index (χ3n) is 4.55. The number of nitrogens with zero attached hydrogens (tertiary/aromatic N) is 3. The summed E-state index contributed by atoms with van der Waals surface area (Å²) < 4.78 is 1.87. The number of aromatic nitrogens is 2. The van der Waals surface area contributed by atoms with Gasteiger partial charge >= 0.3 is 0 Å². The van der Waals surface area contributed by atoms with Crippen molar-refractivity contribution in [1.82, 2.24) is 14.7 Å². The minimum absolute atomic E-state index is 0.0629. The van der Waals surface area contributed by atoms with E-state index in [-0.39, 0.29) is 11.3 Å². The van der Waals surface area contributed by atoms with E-state index in [9.17, 15) is 4.79 Å². The summed E-state index contributed by atoms with van der Waals surface area (Å²) in [5.41, 5.74) is 8.77. The highest BCUT2D eigenvalue weighted by Crippen LogP contribution is 2.29. The predicted octanol–water partition coefficient (Wildman–Crippen LogP) is 3.93. The predicted molar refractivity (Wildman–Crippen MR) is 111 cm³/mol. The first-order chi connectivity index (χ1) is 12.8. The second-order valence-corrected chi connectivity index (χ2v) is 8.75. The van der Waals surface area contributed by atoms with Gasteiger partial charge in [-0.1, -0.05) is 45.0 Å². The summed E-state index contributed by atoms with van der Waals surface area (Å²) in [4.78, 5) is 15.5. The van der Waals surface area contributed by atoms with E-state index in [4.69, 9.17) is 10.8 Å². The Morgan fingerprint density at radius 1 is 1.22 bits per heavy atom. The van der Waals surface area contributed by atoms with E-state index < -0.39 is 6.04 Å². The smallest absolute Gasteiger partial charge is 0.240 e. The Morgan fingerprint density at radius 2 is 1.93 bits per heavy atom. The topological polar surface area (TPSA) is 64.2 Å². The number of amides is 1. The molecule has 2 N–H and O–H groups in total. The first-order valence-electron chi connectivity index (χ1n) is 8.96. The summed E-state index contributed by atoms with van der Waals surface area (Å²) in [6.45, 7) is 6.40. The normalized spacial score (nSPS) is 12.8. The minimum Gasteiger partial charge on any atom is -0.340 e. The van der Waals surface area contributed by atoms with Crippen molar-refractivity contribution >= 4 is 17.2 Å². The first-order valence-corrected chi connectivity index (χ1v) is 9.84. The molecule has 5 nitrogen and oxygen atoms in total. The highest BCUT2D eigenvalue weighted by atomic mass is 32.1. The van der Waals surface area contributed by atoms with Gasteiger partial charge in [0.05, 0.1) is 16.6 Å². The molecule has 3 aromatic rings. The molecule has 0 radical (unpaired) electrons. The Bertz CT molecular complexity index is 894. The molecule has 142 valence electrons. The van der Waals surface area contributed by atoms with Gasteiger partial charge in [0.2, 0.25) is 5.91 Å². The van der Waals surface area contributed by atoms with Crippen LogP contribution in [0.15, 0.2) is 54.0 Å². The molecule has 1 aromatic carbocycles. The summed E-state index contributed by atoms with van der Waals surface area (Å²) in [7, 11) is 1.80. The van der Waals surface area contributed by atoms with Crippen LogP contribution in [0, 0.1) is 5.41 Å². The SMILES string of the molecule is CN(Cc1cn(-c2ccccc2)nc1-c1cccs1)C(=O)[C@@H](N)C(C)(C)C. The highest BCUT2D eigenvalue weighted by molar-refractivity contribution is 7.13. The lowest BCUT2D eigenvalue weighted by molar-refractivity contribution is -0.134. The van der Waals surface area contributed by atoms with Crippen LogP contribution in [0.5, 0.6) is 0 Å². The maximum absolute atomic E-state index is 12.7. The second-order valence-electron chi connectivity index (χ2n) is 7.80. The van der Waals surface area contributed by atoms with Crippen molar-refractivity contribution in [3.8, 4) is 16.3 Å². The number of hydrogen-bond acceptors (Lipinski definition) is 4. The molecular formula is C21H26N4OS. The molecular weight excluding hydrogens is 356 g/mol. The van der Waals surface area contributed by atoms with Gasteiger partial charge in [-0.3, -0.25) is 4.79 Å². The van der Waals surface area contributed by atoms with Crippen molar-refractivity contribution in [1.29, 1.82) is 0 Å². The van der Waals surface area contributed by atoms with Crippen LogP contribution in [0.2, 0.25) is 0 Å². The number of rotatable bonds is 5. The molecule has 1 amide bonds. The maximum Gasteiger partial charge on any atom is 0.240 e. The third kappa shape index (κ3) is 4.28. The van der Waals surface area contributed by atoms with Gasteiger partial charge in [-0.15, -0.1) is 11.3 Å². The fraction of sp³-hybridized carbons (Fsp3) is 0.333. The fourth-order valence-electron chi connectivity index (χ4n) is 2.80. The zero-order valence-corrected chi connectivity index (χ0v) is 17.0. The molecule has 0 saturated carbocycles. The van der Waals surface area contributed by atoms with Crippen LogP contribution < -0.4 is 5.73 Å². The molecule has 2 aromatic heterocycles. The molecule has 0 aliphatic rings. The van der Waals surface area contributed by atoms with E-state index in [1.165, 1.54) is 0 Å². The van der Waals surface area contributed by atoms with Crippen molar-refractivity contribution in [3.63, 3.8) is 0 Å². The van der Waals surface area contributed by atoms with Crippen LogP contribution in [0.3, 0.4) is 0 Å². The molecule has 6 heteroatoms. The zero-order chi connectivity index (χ0) is 19.6. The van der Waals surface area contributed by atoms with Gasteiger partial charge in [-0.2, -0.15) is 5.10 Å². The Morgan fingerprint density at radius 3 is 2.52 bits per heavy atom. The number of benzene rings is 1. The van der Waals surface area contributed by atoms with Crippen LogP contribution in [0.1, 0.15) is 26.3 Å². The monoisotopic (exact) mass is 382 g/mol. The molecule has 0 fully saturated rings. The van der Waals surface area contributed by atoms with Gasteiger partial charge in [0.25, 0.3) is 0 Å². The van der Waals surface area contributed by atoms with Crippen LogP contribution >= 0.6 is 11.3 Å². The number of carbonyl (C=O) groups is 1. The van der Waals surface area contributed by atoms with Gasteiger partial charge in [0.1, 0.15) is 5.69 Å². The number of carbonyl (C=O) groups excluding carboxylic acids is 1. The molecule has 0 saturated heterocycles. The molecule has 0 bridgehead atoms. The molecule has 1 atom stereocenters. The van der Waals surface area contributed by atoms with Crippen molar-refractivity contribution in [2.45, 2.75) is 33.4 Å². The average Bonchev–Trinajstić information content (AvgIpc) is 3.30. The quantitative estimate of drug-likeness (QED) is 0.727. The van der Waals surface area contributed by atoms with Crippen LogP contribution in [-0.2, 0) is 11.3 Å². The van der Waals surface area contributed by atoms with Gasteiger partial charge in [-0.05, 0) is 29.0 Å². The van der Waals surface area contributed by atoms with Gasteiger partial charge < -0.3 is 10.6 Å². The lowest BCUT2D eigenvalue weighted by Gasteiger charge is -2.30. The summed E-state index contributed by atoms with van der Waals surface area (Å²) in [6.07, 6.45) is 2.00. The molecule has 3 rings (SSSR count). The molecule has 27 heavy (non-hydrogen) atoms. The van der Waals surface area contributed by atoms with Crippen molar-refractivity contribution < 1.29 is 4.79 Å². The zero-order valence-electron chi connectivity index (χ0n) is 16.2. The van der Waals surface area contributed by atoms with Crippen molar-refractivity contribution in [2.24, 2.45) is 11.1 Å². The standard InChI is InChI=1S/C21H26N4OS/c1-21(2,3)19(22)20(26)24(4)13-15-14-25(16-9-6-5-7-10-16)23-18(15)17-11-8-12-27-17/h5-12,14,19H,13,22H2,1-4H3/t19-/m1/s1. The van der Waals surface area contributed by atoms with Gasteiger partial charge in [0, 0.05) is 25.4 Å². The van der Waals surface area contributed by atoms with Crippen molar-refractivity contribution in [3.05, 3.63) is 59.6 Å². The van der Waals surface area contributed by atoms with E-state index in [2.05, 4.69) is 6.07 Å². The Labute approximate surface area is 164 Å². The molecule has 0 aliphatic heterocycles. The largest absolute Gasteiger partial charge is 0.340 e. The Kier molecular flexibility index (Phi) is 5.48. The van der Waals surface area contributed by atoms with E-state index in [1.54, 1.807) is 23.3 Å². The third-order valence-corrected chi connectivity index (χ3v) is 5.42. The van der Waals surface area contributed by atoms with Gasteiger partial charge in [0.15, 0.2) is 0 Å². The number of para-hydroxylation sites is 1. The number of hydrogen-bond donors (Lipinski definition) is 1. The number of nitrogens with two attached hydrogens (primary N) is 1. The first kappa shape index (κ1) is 19.3. The molecule has 2 heterocycles. The van der Waals surface area contributed by atoms with Crippen LogP contribution in [0.4, 0.5) is 0 Å². The second kappa shape index (κ2) is 7.66. The summed E-state index contributed by atoms with van der Waals surface area (Å²) >= 11 is 1.64. The molecule has 0 unspecified atom stereocenters. The fourth-order valence-corrected chi connectivity index (χ4v) is 3.54.